The Morgan fingerprint density at radius 1 is 1.47 bits per heavy atom. The molecular weight excluding hydrogens is 280 g/mol. The Kier molecular flexibility index (Phi) is 4.83. The summed E-state index contributed by atoms with van der Waals surface area (Å²) in [5.74, 6) is 0.917. The summed E-state index contributed by atoms with van der Waals surface area (Å²) < 4.78 is 6.76. The highest BCUT2D eigenvalue weighted by Gasteiger charge is 2.15. The third-order valence-corrected chi connectivity index (χ3v) is 3.51. The van der Waals surface area contributed by atoms with E-state index in [0.717, 1.165) is 42.9 Å². The molecule has 2 rings (SSSR count). The molecule has 0 amide bonds. The smallest absolute Gasteiger partial charge is 0.120 e. The van der Waals surface area contributed by atoms with Gasteiger partial charge in [-0.1, -0.05) is 22.0 Å². The topological polar surface area (TPSA) is 38.5 Å². The number of halogens is 1. The van der Waals surface area contributed by atoms with E-state index in [9.17, 15) is 0 Å². The second kappa shape index (κ2) is 6.38. The Balaban J connectivity index is 1.72. The van der Waals surface area contributed by atoms with Gasteiger partial charge in [-0.15, -0.1) is 0 Å². The van der Waals surface area contributed by atoms with Gasteiger partial charge in [-0.05, 0) is 37.6 Å². The number of nitrogens with zero attached hydrogens (tertiary/aromatic N) is 1. The van der Waals surface area contributed by atoms with Gasteiger partial charge in [-0.3, -0.25) is 4.90 Å². The summed E-state index contributed by atoms with van der Waals surface area (Å²) in [4.78, 5) is 2.38. The lowest BCUT2D eigenvalue weighted by Gasteiger charge is -2.30. The van der Waals surface area contributed by atoms with Crippen molar-refractivity contribution in [1.29, 1.82) is 0 Å². The average Bonchev–Trinajstić information content (AvgIpc) is 2.29. The fourth-order valence-electron chi connectivity index (χ4n) is 2.14. The summed E-state index contributed by atoms with van der Waals surface area (Å²) in [6.07, 6.45) is 2.36. The number of hydrogen-bond acceptors (Lipinski definition) is 3. The number of ether oxygens (including phenoxy) is 1. The fourth-order valence-corrected chi connectivity index (χ4v) is 2.52. The van der Waals surface area contributed by atoms with Crippen molar-refractivity contribution in [2.24, 2.45) is 5.73 Å². The molecule has 0 spiro atoms. The molecule has 0 unspecified atom stereocenters. The maximum atomic E-state index is 5.94. The van der Waals surface area contributed by atoms with Gasteiger partial charge in [0.05, 0.1) is 0 Å². The van der Waals surface area contributed by atoms with E-state index in [2.05, 4.69) is 20.8 Å². The third-order valence-electron chi connectivity index (χ3n) is 3.01. The minimum absolute atomic E-state index is 0.342. The summed E-state index contributed by atoms with van der Waals surface area (Å²) >= 11 is 3.43. The van der Waals surface area contributed by atoms with Gasteiger partial charge in [0, 0.05) is 23.6 Å². The molecule has 17 heavy (non-hydrogen) atoms. The minimum atomic E-state index is 0.342. The molecular formula is C13H19BrN2O. The Morgan fingerprint density at radius 3 is 3.12 bits per heavy atom. The van der Waals surface area contributed by atoms with Gasteiger partial charge in [0.2, 0.25) is 0 Å². The van der Waals surface area contributed by atoms with Gasteiger partial charge in [-0.25, -0.2) is 0 Å². The van der Waals surface area contributed by atoms with Gasteiger partial charge in [0.15, 0.2) is 0 Å². The Bertz CT molecular complexity index is 359. The zero-order valence-corrected chi connectivity index (χ0v) is 11.5. The van der Waals surface area contributed by atoms with Crippen molar-refractivity contribution >= 4 is 15.9 Å². The van der Waals surface area contributed by atoms with Gasteiger partial charge in [0.25, 0.3) is 0 Å². The first-order valence-electron chi connectivity index (χ1n) is 6.10. The number of rotatable bonds is 4. The zero-order valence-electron chi connectivity index (χ0n) is 9.94. The first-order valence-corrected chi connectivity index (χ1v) is 6.89. The number of piperidine rings is 1. The quantitative estimate of drug-likeness (QED) is 0.927. The van der Waals surface area contributed by atoms with Crippen LogP contribution in [0, 0.1) is 0 Å². The van der Waals surface area contributed by atoms with Crippen molar-refractivity contribution in [3.8, 4) is 5.75 Å². The van der Waals surface area contributed by atoms with Gasteiger partial charge < -0.3 is 10.5 Å². The van der Waals surface area contributed by atoms with E-state index in [4.69, 9.17) is 10.5 Å². The standard InChI is InChI=1S/C13H19BrN2O/c14-11-3-1-5-13(9-11)17-8-7-16-6-2-4-12(15)10-16/h1,3,5,9,12H,2,4,6-8,10,15H2/t12-/m1/s1. The predicted octanol–water partition coefficient (Wildman–Crippen LogP) is 2.25. The van der Waals surface area contributed by atoms with Crippen molar-refractivity contribution in [2.45, 2.75) is 18.9 Å². The van der Waals surface area contributed by atoms with E-state index >= 15 is 0 Å². The van der Waals surface area contributed by atoms with E-state index < -0.39 is 0 Å². The molecule has 1 aliphatic rings. The molecule has 0 aromatic heterocycles. The summed E-state index contributed by atoms with van der Waals surface area (Å²) in [7, 11) is 0. The molecule has 1 fully saturated rings. The highest BCUT2D eigenvalue weighted by molar-refractivity contribution is 9.10. The Morgan fingerprint density at radius 2 is 2.35 bits per heavy atom. The summed E-state index contributed by atoms with van der Waals surface area (Å²) in [6, 6.07) is 8.29. The van der Waals surface area contributed by atoms with Crippen LogP contribution in [0.5, 0.6) is 5.75 Å². The van der Waals surface area contributed by atoms with Crippen LogP contribution in [0.15, 0.2) is 28.7 Å². The summed E-state index contributed by atoms with van der Waals surface area (Å²) in [6.45, 7) is 3.83. The van der Waals surface area contributed by atoms with E-state index in [1.54, 1.807) is 0 Å². The van der Waals surface area contributed by atoms with Crippen molar-refractivity contribution in [2.75, 3.05) is 26.2 Å². The maximum absolute atomic E-state index is 5.94. The molecule has 1 aromatic carbocycles. The van der Waals surface area contributed by atoms with Crippen LogP contribution < -0.4 is 10.5 Å². The molecule has 0 radical (unpaired) electrons. The van der Waals surface area contributed by atoms with Crippen LogP contribution in [0.2, 0.25) is 0 Å². The van der Waals surface area contributed by atoms with Crippen molar-refractivity contribution in [3.63, 3.8) is 0 Å². The van der Waals surface area contributed by atoms with Crippen LogP contribution in [-0.4, -0.2) is 37.2 Å². The van der Waals surface area contributed by atoms with Gasteiger partial charge in [0.1, 0.15) is 12.4 Å². The van der Waals surface area contributed by atoms with E-state index in [-0.39, 0.29) is 0 Å². The lowest BCUT2D eigenvalue weighted by atomic mass is 10.1. The molecule has 1 aromatic rings. The van der Waals surface area contributed by atoms with Crippen LogP contribution in [0.25, 0.3) is 0 Å². The van der Waals surface area contributed by atoms with Crippen LogP contribution in [0.3, 0.4) is 0 Å². The monoisotopic (exact) mass is 298 g/mol. The molecule has 1 atom stereocenters. The van der Waals surface area contributed by atoms with Crippen molar-refractivity contribution in [1.82, 2.24) is 4.90 Å². The van der Waals surface area contributed by atoms with E-state index in [0.29, 0.717) is 6.04 Å². The second-order valence-corrected chi connectivity index (χ2v) is 5.42. The lowest BCUT2D eigenvalue weighted by Crippen LogP contribution is -2.44. The predicted molar refractivity (Wildman–Crippen MR) is 73.3 cm³/mol. The first kappa shape index (κ1) is 12.9. The van der Waals surface area contributed by atoms with Crippen LogP contribution in [0.4, 0.5) is 0 Å². The number of benzene rings is 1. The Hall–Kier alpha value is -0.580. The lowest BCUT2D eigenvalue weighted by molar-refractivity contribution is 0.171. The van der Waals surface area contributed by atoms with Crippen molar-refractivity contribution < 1.29 is 4.74 Å². The minimum Gasteiger partial charge on any atom is -0.492 e. The van der Waals surface area contributed by atoms with Crippen LogP contribution >= 0.6 is 15.9 Å². The van der Waals surface area contributed by atoms with Crippen molar-refractivity contribution in [3.05, 3.63) is 28.7 Å². The normalized spacial score (nSPS) is 21.4. The van der Waals surface area contributed by atoms with E-state index in [1.807, 2.05) is 24.3 Å². The SMILES string of the molecule is N[C@@H]1CCCN(CCOc2cccc(Br)c2)C1. The van der Waals surface area contributed by atoms with E-state index in [1.165, 1.54) is 6.42 Å². The highest BCUT2D eigenvalue weighted by Crippen LogP contribution is 2.17. The van der Waals surface area contributed by atoms with Crippen LogP contribution in [0.1, 0.15) is 12.8 Å². The first-order chi connectivity index (χ1) is 8.24. The molecule has 0 saturated carbocycles. The molecule has 4 heteroatoms. The fraction of sp³-hybridized carbons (Fsp3) is 0.538. The average molecular weight is 299 g/mol. The molecule has 1 aliphatic heterocycles. The summed E-state index contributed by atoms with van der Waals surface area (Å²) in [5, 5.41) is 0. The molecule has 2 N–H and O–H groups in total. The molecule has 3 nitrogen and oxygen atoms in total. The summed E-state index contributed by atoms with van der Waals surface area (Å²) in [5.41, 5.74) is 5.94. The second-order valence-electron chi connectivity index (χ2n) is 4.51. The van der Waals surface area contributed by atoms with Gasteiger partial charge >= 0.3 is 0 Å². The number of likely N-dealkylation sites (tertiary alicyclic amines) is 1. The van der Waals surface area contributed by atoms with Crippen LogP contribution in [-0.2, 0) is 0 Å². The molecule has 0 aliphatic carbocycles. The number of nitrogens with two attached hydrogens (primary N) is 1. The largest absolute Gasteiger partial charge is 0.492 e. The molecule has 1 heterocycles. The maximum Gasteiger partial charge on any atom is 0.120 e. The number of hydrogen-bond donors (Lipinski definition) is 1. The Labute approximate surface area is 111 Å². The van der Waals surface area contributed by atoms with Gasteiger partial charge in [-0.2, -0.15) is 0 Å². The zero-order chi connectivity index (χ0) is 12.1. The molecule has 1 saturated heterocycles. The highest BCUT2D eigenvalue weighted by atomic mass is 79.9. The molecule has 0 bridgehead atoms. The third kappa shape index (κ3) is 4.30. The molecule has 94 valence electrons.